The molecular weight excluding hydrogens is 222 g/mol. The van der Waals surface area contributed by atoms with Crippen molar-refractivity contribution >= 4 is 39.9 Å². The summed E-state index contributed by atoms with van der Waals surface area (Å²) in [6.07, 6.45) is 1.88. The van der Waals surface area contributed by atoms with E-state index in [-0.39, 0.29) is 24.7 Å². The van der Waals surface area contributed by atoms with E-state index in [1.807, 2.05) is 6.26 Å². The Balaban J connectivity index is 2.22. The summed E-state index contributed by atoms with van der Waals surface area (Å²) in [5, 5.41) is 8.24. The van der Waals surface area contributed by atoms with Crippen LogP contribution in [0.3, 0.4) is 0 Å². The Morgan fingerprint density at radius 2 is 2.21 bits per heavy atom. The molecule has 0 N–H and O–H groups in total. The molecule has 0 atom stereocenters. The van der Waals surface area contributed by atoms with E-state index in [4.69, 9.17) is 0 Å². The topological polar surface area (TPSA) is 63.2 Å². The number of ketones is 1. The number of hydrogen-bond acceptors (Lipinski definition) is 6. The zero-order valence-corrected chi connectivity index (χ0v) is 9.02. The van der Waals surface area contributed by atoms with Crippen LogP contribution in [-0.2, 0) is 9.59 Å². The maximum Gasteiger partial charge on any atom is 0.236 e. The summed E-state index contributed by atoms with van der Waals surface area (Å²) in [4.78, 5) is 23.7. The van der Waals surface area contributed by atoms with E-state index in [1.54, 1.807) is 0 Å². The normalized spacial score (nSPS) is 16.8. The second-order valence-corrected chi connectivity index (χ2v) is 4.76. The number of thioether (sulfide) groups is 1. The summed E-state index contributed by atoms with van der Waals surface area (Å²) < 4.78 is 0.798. The standard InChI is InChI=1S/C7H7N3O2S2/c1-13-7-9-8-6(14-7)10-3-4(11)2-5(10)12/h2-3H2,1H3. The molecule has 0 unspecified atom stereocenters. The number of Topliss-reactive ketones (excluding diaryl/α,β-unsaturated/α-hetero) is 1. The number of hydrogen-bond donors (Lipinski definition) is 0. The van der Waals surface area contributed by atoms with Gasteiger partial charge in [-0.3, -0.25) is 14.5 Å². The van der Waals surface area contributed by atoms with E-state index in [0.717, 1.165) is 4.34 Å². The molecule has 0 aliphatic carbocycles. The molecule has 1 aliphatic heterocycles. The molecule has 0 saturated carbocycles. The van der Waals surface area contributed by atoms with Crippen LogP contribution in [0.2, 0.25) is 0 Å². The Hall–Kier alpha value is -0.950. The van der Waals surface area contributed by atoms with Crippen LogP contribution in [0, 0.1) is 0 Å². The Bertz CT molecular complexity index is 390. The first-order valence-electron chi connectivity index (χ1n) is 3.90. The van der Waals surface area contributed by atoms with Gasteiger partial charge >= 0.3 is 0 Å². The van der Waals surface area contributed by atoms with Crippen LogP contribution in [0.25, 0.3) is 0 Å². The van der Waals surface area contributed by atoms with Crippen molar-refractivity contribution in [2.75, 3.05) is 17.7 Å². The minimum Gasteiger partial charge on any atom is -0.297 e. The fraction of sp³-hybridized carbons (Fsp3) is 0.429. The van der Waals surface area contributed by atoms with Crippen molar-refractivity contribution in [2.24, 2.45) is 0 Å². The highest BCUT2D eigenvalue weighted by atomic mass is 32.2. The number of nitrogens with zero attached hydrogens (tertiary/aromatic N) is 3. The largest absolute Gasteiger partial charge is 0.297 e. The van der Waals surface area contributed by atoms with Crippen molar-refractivity contribution in [1.82, 2.24) is 10.2 Å². The number of anilines is 1. The summed E-state index contributed by atoms with van der Waals surface area (Å²) in [5.74, 6) is -0.241. The maximum absolute atomic E-state index is 11.3. The Morgan fingerprint density at radius 3 is 2.71 bits per heavy atom. The fourth-order valence-corrected chi connectivity index (χ4v) is 2.43. The summed E-state index contributed by atoms with van der Waals surface area (Å²) in [6, 6.07) is 0. The van der Waals surface area contributed by atoms with E-state index in [0.29, 0.717) is 5.13 Å². The van der Waals surface area contributed by atoms with E-state index in [9.17, 15) is 9.59 Å². The van der Waals surface area contributed by atoms with E-state index >= 15 is 0 Å². The van der Waals surface area contributed by atoms with Gasteiger partial charge in [-0.15, -0.1) is 10.2 Å². The van der Waals surface area contributed by atoms with Crippen LogP contribution in [0.4, 0.5) is 5.13 Å². The molecule has 0 spiro atoms. The van der Waals surface area contributed by atoms with Gasteiger partial charge in [0.15, 0.2) is 10.1 Å². The van der Waals surface area contributed by atoms with Gasteiger partial charge < -0.3 is 0 Å². The highest BCUT2D eigenvalue weighted by Gasteiger charge is 2.30. The number of carbonyl (C=O) groups excluding carboxylic acids is 2. The SMILES string of the molecule is CSc1nnc(N2CC(=O)CC2=O)s1. The molecule has 0 radical (unpaired) electrons. The van der Waals surface area contributed by atoms with E-state index in [1.165, 1.54) is 28.0 Å². The molecule has 1 aromatic rings. The number of aromatic nitrogens is 2. The molecule has 2 rings (SSSR count). The molecule has 7 heteroatoms. The Labute approximate surface area is 88.5 Å². The third-order valence-electron chi connectivity index (χ3n) is 1.79. The second kappa shape index (κ2) is 3.66. The minimum atomic E-state index is -0.182. The van der Waals surface area contributed by atoms with E-state index < -0.39 is 0 Å². The van der Waals surface area contributed by atoms with Gasteiger partial charge in [-0.2, -0.15) is 0 Å². The number of rotatable bonds is 2. The van der Waals surface area contributed by atoms with Crippen LogP contribution in [0.15, 0.2) is 4.34 Å². The number of amides is 1. The molecule has 74 valence electrons. The van der Waals surface area contributed by atoms with Gasteiger partial charge in [0.1, 0.15) is 0 Å². The summed E-state index contributed by atoms with van der Waals surface area (Å²) in [7, 11) is 0. The third-order valence-corrected chi connectivity index (χ3v) is 3.71. The monoisotopic (exact) mass is 229 g/mol. The molecule has 1 aliphatic rings. The smallest absolute Gasteiger partial charge is 0.236 e. The zero-order chi connectivity index (χ0) is 10.1. The highest BCUT2D eigenvalue weighted by Crippen LogP contribution is 2.28. The van der Waals surface area contributed by atoms with Gasteiger partial charge in [0.2, 0.25) is 11.0 Å². The van der Waals surface area contributed by atoms with Crippen LogP contribution in [0.5, 0.6) is 0 Å². The van der Waals surface area contributed by atoms with Crippen LogP contribution >= 0.6 is 23.1 Å². The van der Waals surface area contributed by atoms with Crippen LogP contribution in [-0.4, -0.2) is 34.7 Å². The lowest BCUT2D eigenvalue weighted by Crippen LogP contribution is -2.24. The third kappa shape index (κ3) is 1.64. The van der Waals surface area contributed by atoms with Gasteiger partial charge in [-0.25, -0.2) is 0 Å². The van der Waals surface area contributed by atoms with Gasteiger partial charge in [0.05, 0.1) is 13.0 Å². The quantitative estimate of drug-likeness (QED) is 0.421. The fourth-order valence-electron chi connectivity index (χ4n) is 1.15. The minimum absolute atomic E-state index is 0.00577. The lowest BCUT2D eigenvalue weighted by molar-refractivity contribution is -0.121. The van der Waals surface area contributed by atoms with Crippen LogP contribution < -0.4 is 4.90 Å². The predicted octanol–water partition coefficient (Wildman–Crippen LogP) is 0.566. The maximum atomic E-state index is 11.3. The highest BCUT2D eigenvalue weighted by molar-refractivity contribution is 8.00. The summed E-state index contributed by atoms with van der Waals surface area (Å²) in [6.45, 7) is 0.141. The van der Waals surface area contributed by atoms with Crippen molar-refractivity contribution in [2.45, 2.75) is 10.8 Å². The summed E-state index contributed by atoms with van der Waals surface area (Å²) in [5.41, 5.74) is 0. The lowest BCUT2D eigenvalue weighted by atomic mass is 10.3. The molecule has 1 amide bonds. The molecule has 0 aromatic carbocycles. The predicted molar refractivity (Wildman–Crippen MR) is 53.7 cm³/mol. The first-order valence-corrected chi connectivity index (χ1v) is 5.94. The first kappa shape index (κ1) is 9.60. The Morgan fingerprint density at radius 1 is 1.43 bits per heavy atom. The lowest BCUT2D eigenvalue weighted by Gasteiger charge is -2.07. The Kier molecular flexibility index (Phi) is 2.51. The average Bonchev–Trinajstić information content (AvgIpc) is 2.71. The van der Waals surface area contributed by atoms with Crippen molar-refractivity contribution in [3.05, 3.63) is 0 Å². The molecule has 1 fully saturated rings. The van der Waals surface area contributed by atoms with Crippen molar-refractivity contribution in [3.8, 4) is 0 Å². The van der Waals surface area contributed by atoms with Gasteiger partial charge in [-0.05, 0) is 6.26 Å². The molecule has 5 nitrogen and oxygen atoms in total. The van der Waals surface area contributed by atoms with Gasteiger partial charge in [0, 0.05) is 0 Å². The van der Waals surface area contributed by atoms with Crippen molar-refractivity contribution in [1.29, 1.82) is 0 Å². The molecule has 1 aromatic heterocycles. The summed E-state index contributed by atoms with van der Waals surface area (Å²) >= 11 is 2.80. The molecule has 1 saturated heterocycles. The van der Waals surface area contributed by atoms with E-state index in [2.05, 4.69) is 10.2 Å². The van der Waals surface area contributed by atoms with Gasteiger partial charge in [0.25, 0.3) is 0 Å². The van der Waals surface area contributed by atoms with Crippen LogP contribution in [0.1, 0.15) is 6.42 Å². The molecule has 2 heterocycles. The molecule has 14 heavy (non-hydrogen) atoms. The van der Waals surface area contributed by atoms with Crippen molar-refractivity contribution < 1.29 is 9.59 Å². The molecular formula is C7H7N3O2S2. The van der Waals surface area contributed by atoms with Gasteiger partial charge in [-0.1, -0.05) is 23.1 Å². The zero-order valence-electron chi connectivity index (χ0n) is 7.39. The van der Waals surface area contributed by atoms with Crippen molar-refractivity contribution in [3.63, 3.8) is 0 Å². The molecule has 0 bridgehead atoms. The number of carbonyl (C=O) groups is 2. The first-order chi connectivity index (χ1) is 6.70. The average molecular weight is 229 g/mol. The second-order valence-electron chi connectivity index (χ2n) is 2.75.